The molecule has 0 aliphatic heterocycles. The third kappa shape index (κ3) is 8.44. The summed E-state index contributed by atoms with van der Waals surface area (Å²) < 4.78 is 22.4. The molecule has 0 aromatic rings. The summed E-state index contributed by atoms with van der Waals surface area (Å²) in [4.78, 5) is 23.2. The summed E-state index contributed by atoms with van der Waals surface area (Å²) in [6.07, 6.45) is -0.115. The van der Waals surface area contributed by atoms with Crippen LogP contribution in [0.25, 0.3) is 0 Å². The number of aldehydes is 1. The van der Waals surface area contributed by atoms with E-state index < -0.39 is 25.9 Å². The molecule has 0 rings (SSSR count). The zero-order valence-corrected chi connectivity index (χ0v) is 18.3. The van der Waals surface area contributed by atoms with Crippen molar-refractivity contribution in [2.45, 2.75) is 78.3 Å². The molecule has 0 amide bonds. The van der Waals surface area contributed by atoms with E-state index in [2.05, 4.69) is 33.9 Å². The van der Waals surface area contributed by atoms with Gasteiger partial charge in [0, 0.05) is 13.5 Å². The van der Waals surface area contributed by atoms with E-state index >= 15 is 0 Å². The molecule has 0 saturated carbocycles. The molecule has 7 heteroatoms. The minimum atomic E-state index is -2.14. The second-order valence-electron chi connectivity index (χ2n) is 8.78. The lowest BCUT2D eigenvalue weighted by atomic mass is 9.97. The molecule has 0 spiro atoms. The fourth-order valence-corrected chi connectivity index (χ4v) is 3.05. The Kier molecular flexibility index (Phi) is 9.50. The van der Waals surface area contributed by atoms with E-state index in [0.29, 0.717) is 0 Å². The molecule has 0 bridgehead atoms. The Labute approximate surface area is 153 Å². The first-order valence-corrected chi connectivity index (χ1v) is 11.6. The lowest BCUT2D eigenvalue weighted by molar-refractivity contribution is -0.162. The third-order valence-electron chi connectivity index (χ3n) is 4.39. The van der Waals surface area contributed by atoms with E-state index in [4.69, 9.17) is 18.6 Å². The highest BCUT2D eigenvalue weighted by Crippen LogP contribution is 2.38. The molecule has 0 aliphatic carbocycles. The number of hydrogen-bond acceptors (Lipinski definition) is 6. The van der Waals surface area contributed by atoms with Crippen molar-refractivity contribution in [1.82, 2.24) is 0 Å². The average molecular weight is 377 g/mol. The lowest BCUT2D eigenvalue weighted by Crippen LogP contribution is -2.50. The van der Waals surface area contributed by atoms with Gasteiger partial charge in [0.15, 0.2) is 8.32 Å². The minimum Gasteiger partial charge on any atom is -0.462 e. The van der Waals surface area contributed by atoms with Crippen LogP contribution in [0.15, 0.2) is 0 Å². The molecule has 0 aromatic heterocycles. The first-order valence-electron chi connectivity index (χ1n) is 8.65. The van der Waals surface area contributed by atoms with Crippen LogP contribution in [0.2, 0.25) is 18.1 Å². The zero-order valence-electron chi connectivity index (χ0n) is 17.3. The molecule has 0 saturated heterocycles. The molecule has 148 valence electrons. The maximum atomic E-state index is 12.1. The van der Waals surface area contributed by atoms with Gasteiger partial charge in [-0.05, 0) is 38.9 Å². The van der Waals surface area contributed by atoms with Crippen LogP contribution >= 0.6 is 0 Å². The summed E-state index contributed by atoms with van der Waals surface area (Å²) in [6.45, 7) is 16.1. The Morgan fingerprint density at radius 3 is 2.04 bits per heavy atom. The molecule has 0 heterocycles. The van der Waals surface area contributed by atoms with Gasteiger partial charge in [-0.25, -0.2) is 0 Å². The molecule has 0 unspecified atom stereocenters. The summed E-state index contributed by atoms with van der Waals surface area (Å²) in [7, 11) is -0.630. The lowest BCUT2D eigenvalue weighted by Gasteiger charge is -2.41. The number of esters is 1. The molecule has 0 fully saturated rings. The normalized spacial score (nSPS) is 15.6. The molecule has 6 nitrogen and oxygen atoms in total. The maximum Gasteiger partial charge on any atom is 0.311 e. The van der Waals surface area contributed by atoms with E-state index in [-0.39, 0.29) is 30.8 Å². The Hall–Kier alpha value is -0.763. The van der Waals surface area contributed by atoms with Gasteiger partial charge in [-0.1, -0.05) is 20.8 Å². The van der Waals surface area contributed by atoms with Gasteiger partial charge in [0.1, 0.15) is 25.8 Å². The van der Waals surface area contributed by atoms with Crippen LogP contribution < -0.4 is 0 Å². The smallest absolute Gasteiger partial charge is 0.311 e. The van der Waals surface area contributed by atoms with Crippen LogP contribution in [0, 0.1) is 5.41 Å². The van der Waals surface area contributed by atoms with Crippen molar-refractivity contribution in [2.24, 2.45) is 5.41 Å². The Morgan fingerprint density at radius 2 is 1.64 bits per heavy atom. The second kappa shape index (κ2) is 9.80. The topological polar surface area (TPSA) is 71.1 Å². The van der Waals surface area contributed by atoms with Gasteiger partial charge in [0.25, 0.3) is 0 Å². The molecule has 25 heavy (non-hydrogen) atoms. The van der Waals surface area contributed by atoms with E-state index in [1.807, 2.05) is 0 Å². The minimum absolute atomic E-state index is 0.0216. The quantitative estimate of drug-likeness (QED) is 0.251. The van der Waals surface area contributed by atoms with E-state index in [0.717, 1.165) is 6.29 Å². The Morgan fingerprint density at radius 1 is 1.08 bits per heavy atom. The van der Waals surface area contributed by atoms with E-state index in [1.54, 1.807) is 20.8 Å². The second-order valence-corrected chi connectivity index (χ2v) is 13.5. The van der Waals surface area contributed by atoms with Crippen LogP contribution in [-0.2, 0) is 28.2 Å². The van der Waals surface area contributed by atoms with Crippen LogP contribution in [0.5, 0.6) is 0 Å². The maximum absolute atomic E-state index is 12.1. The highest BCUT2D eigenvalue weighted by Gasteiger charge is 2.41. The van der Waals surface area contributed by atoms with Crippen molar-refractivity contribution >= 4 is 20.6 Å². The summed E-state index contributed by atoms with van der Waals surface area (Å²) in [5.41, 5.74) is -0.602. The number of carbonyl (C=O) groups excluding carboxylic acids is 2. The van der Waals surface area contributed by atoms with Gasteiger partial charge in [0.05, 0.1) is 11.5 Å². The molecular formula is C18H36O6Si. The van der Waals surface area contributed by atoms with Crippen molar-refractivity contribution in [3.05, 3.63) is 0 Å². The number of carbonyl (C=O) groups is 2. The van der Waals surface area contributed by atoms with Crippen molar-refractivity contribution in [2.75, 3.05) is 20.5 Å². The third-order valence-corrected chi connectivity index (χ3v) is 8.89. The van der Waals surface area contributed by atoms with Crippen molar-refractivity contribution in [3.8, 4) is 0 Å². The van der Waals surface area contributed by atoms with Crippen LogP contribution in [-0.4, -0.2) is 53.3 Å². The standard InChI is InChI=1S/C18H36O6Si/c1-17(2,3)16(20)22-12-15(14(10-11-19)23-13-21-7)24-25(8,9)18(4,5)6/h11,14-15H,10,12-13H2,1-9H3/t14-,15+/m0/s1. The Bertz CT molecular complexity index is 422. The molecule has 0 aliphatic rings. The van der Waals surface area contributed by atoms with Gasteiger partial charge in [-0.3, -0.25) is 4.79 Å². The highest BCUT2D eigenvalue weighted by molar-refractivity contribution is 6.74. The van der Waals surface area contributed by atoms with Crippen LogP contribution in [0.3, 0.4) is 0 Å². The van der Waals surface area contributed by atoms with E-state index in [9.17, 15) is 9.59 Å². The summed E-state index contributed by atoms with van der Waals surface area (Å²) in [5.74, 6) is -0.312. The number of hydrogen-bond donors (Lipinski definition) is 0. The predicted molar refractivity (Wildman–Crippen MR) is 99.9 cm³/mol. The summed E-state index contributed by atoms with van der Waals surface area (Å²) >= 11 is 0. The van der Waals surface area contributed by atoms with Crippen molar-refractivity contribution in [3.63, 3.8) is 0 Å². The average Bonchev–Trinajstić information content (AvgIpc) is 2.45. The molecule has 0 N–H and O–H groups in total. The van der Waals surface area contributed by atoms with Gasteiger partial charge >= 0.3 is 5.97 Å². The van der Waals surface area contributed by atoms with Gasteiger partial charge in [-0.15, -0.1) is 0 Å². The zero-order chi connectivity index (χ0) is 19.9. The molecular weight excluding hydrogens is 340 g/mol. The fraction of sp³-hybridized carbons (Fsp3) is 0.889. The van der Waals surface area contributed by atoms with Gasteiger partial charge < -0.3 is 23.4 Å². The summed E-state index contributed by atoms with van der Waals surface area (Å²) in [6, 6.07) is 0. The Balaban J connectivity index is 5.32. The largest absolute Gasteiger partial charge is 0.462 e. The number of methoxy groups -OCH3 is 1. The molecule has 0 aromatic carbocycles. The van der Waals surface area contributed by atoms with Crippen LogP contribution in [0.1, 0.15) is 48.0 Å². The van der Waals surface area contributed by atoms with Crippen LogP contribution in [0.4, 0.5) is 0 Å². The van der Waals surface area contributed by atoms with Crippen molar-refractivity contribution < 1.29 is 28.2 Å². The van der Waals surface area contributed by atoms with E-state index in [1.165, 1.54) is 7.11 Å². The van der Waals surface area contributed by atoms with Gasteiger partial charge in [-0.2, -0.15) is 0 Å². The highest BCUT2D eigenvalue weighted by atomic mass is 28.4. The number of ether oxygens (including phenoxy) is 3. The summed E-state index contributed by atoms with van der Waals surface area (Å²) in [5, 5.41) is -0.0216. The first kappa shape index (κ1) is 24.2. The first-order chi connectivity index (χ1) is 11.3. The molecule has 2 atom stereocenters. The predicted octanol–water partition coefficient (Wildman–Crippen LogP) is 3.54. The molecule has 0 radical (unpaired) electrons. The SMILES string of the molecule is COCO[C@@H](CC=O)[C@@H](COC(=O)C(C)(C)C)O[Si](C)(C)C(C)(C)C. The number of rotatable bonds is 10. The van der Waals surface area contributed by atoms with Gasteiger partial charge in [0.2, 0.25) is 0 Å². The fourth-order valence-electron chi connectivity index (χ4n) is 1.72. The monoisotopic (exact) mass is 376 g/mol. The van der Waals surface area contributed by atoms with Crippen molar-refractivity contribution in [1.29, 1.82) is 0 Å².